The molecule has 1 atom stereocenters. The van der Waals surface area contributed by atoms with Crippen molar-refractivity contribution in [2.45, 2.75) is 26.8 Å². The molecule has 2 nitrogen and oxygen atoms in total. The fourth-order valence-electron chi connectivity index (χ4n) is 2.14. The number of benzene rings is 1. The second-order valence-electron chi connectivity index (χ2n) is 5.78. The van der Waals surface area contributed by atoms with Crippen LogP contribution in [-0.4, -0.2) is 25.0 Å². The Hall–Kier alpha value is -0.380. The number of likely N-dealkylation sites (N-methyl/N-ethyl adjacent to an activating group) is 1. The SMILES string of the molecule is CN(CC(C)(C)C)C(CN)c1cccc(Br)c1. The van der Waals surface area contributed by atoms with Crippen molar-refractivity contribution in [3.8, 4) is 0 Å². The Kier molecular flexibility index (Phi) is 5.17. The monoisotopic (exact) mass is 298 g/mol. The molecule has 0 aliphatic rings. The molecule has 0 amide bonds. The molecule has 1 unspecified atom stereocenters. The summed E-state index contributed by atoms with van der Waals surface area (Å²) in [5.74, 6) is 0. The molecule has 3 heteroatoms. The van der Waals surface area contributed by atoms with Gasteiger partial charge in [-0.05, 0) is 30.2 Å². The van der Waals surface area contributed by atoms with E-state index in [1.165, 1.54) is 5.56 Å². The lowest BCUT2D eigenvalue weighted by atomic mass is 9.94. The van der Waals surface area contributed by atoms with Crippen LogP contribution in [0.4, 0.5) is 0 Å². The first-order chi connectivity index (χ1) is 7.83. The Bertz CT molecular complexity index is 357. The molecule has 17 heavy (non-hydrogen) atoms. The van der Waals surface area contributed by atoms with Gasteiger partial charge in [0.2, 0.25) is 0 Å². The van der Waals surface area contributed by atoms with Crippen LogP contribution in [0.2, 0.25) is 0 Å². The van der Waals surface area contributed by atoms with Crippen LogP contribution < -0.4 is 5.73 Å². The molecular formula is C14H23BrN2. The quantitative estimate of drug-likeness (QED) is 0.923. The Morgan fingerprint density at radius 3 is 2.47 bits per heavy atom. The summed E-state index contributed by atoms with van der Waals surface area (Å²) < 4.78 is 1.11. The smallest absolute Gasteiger partial charge is 0.0468 e. The molecule has 0 bridgehead atoms. The van der Waals surface area contributed by atoms with Crippen molar-refractivity contribution in [3.05, 3.63) is 34.3 Å². The fourth-order valence-corrected chi connectivity index (χ4v) is 2.56. The third-order valence-corrected chi connectivity index (χ3v) is 3.21. The fraction of sp³-hybridized carbons (Fsp3) is 0.571. The second kappa shape index (κ2) is 5.98. The topological polar surface area (TPSA) is 29.3 Å². The predicted molar refractivity (Wildman–Crippen MR) is 78.0 cm³/mol. The average Bonchev–Trinajstić information content (AvgIpc) is 2.15. The lowest BCUT2D eigenvalue weighted by molar-refractivity contribution is 0.175. The second-order valence-corrected chi connectivity index (χ2v) is 6.70. The molecule has 1 aromatic rings. The maximum absolute atomic E-state index is 5.92. The maximum atomic E-state index is 5.92. The summed E-state index contributed by atoms with van der Waals surface area (Å²) in [4.78, 5) is 2.34. The van der Waals surface area contributed by atoms with Gasteiger partial charge in [-0.15, -0.1) is 0 Å². The van der Waals surface area contributed by atoms with E-state index >= 15 is 0 Å². The zero-order chi connectivity index (χ0) is 13.1. The van der Waals surface area contributed by atoms with Crippen LogP contribution in [0.25, 0.3) is 0 Å². The van der Waals surface area contributed by atoms with Crippen molar-refractivity contribution in [2.24, 2.45) is 11.1 Å². The zero-order valence-electron chi connectivity index (χ0n) is 11.2. The van der Waals surface area contributed by atoms with Gasteiger partial charge in [0.05, 0.1) is 0 Å². The van der Waals surface area contributed by atoms with Crippen LogP contribution in [0.5, 0.6) is 0 Å². The first kappa shape index (κ1) is 14.7. The summed E-state index contributed by atoms with van der Waals surface area (Å²) in [5.41, 5.74) is 7.48. The third-order valence-electron chi connectivity index (χ3n) is 2.71. The van der Waals surface area contributed by atoms with Crippen molar-refractivity contribution < 1.29 is 0 Å². The molecule has 1 aromatic carbocycles. The molecule has 0 aromatic heterocycles. The summed E-state index contributed by atoms with van der Waals surface area (Å²) in [6.07, 6.45) is 0. The average molecular weight is 299 g/mol. The largest absolute Gasteiger partial charge is 0.329 e. The van der Waals surface area contributed by atoms with E-state index in [4.69, 9.17) is 5.73 Å². The Morgan fingerprint density at radius 1 is 1.35 bits per heavy atom. The van der Waals surface area contributed by atoms with Crippen molar-refractivity contribution in [1.29, 1.82) is 0 Å². The first-order valence-corrected chi connectivity index (χ1v) is 6.78. The number of nitrogens with zero attached hydrogens (tertiary/aromatic N) is 1. The highest BCUT2D eigenvalue weighted by molar-refractivity contribution is 9.10. The highest BCUT2D eigenvalue weighted by Crippen LogP contribution is 2.25. The normalized spacial score (nSPS) is 14.1. The van der Waals surface area contributed by atoms with Gasteiger partial charge in [0.15, 0.2) is 0 Å². The van der Waals surface area contributed by atoms with Gasteiger partial charge in [-0.25, -0.2) is 0 Å². The van der Waals surface area contributed by atoms with Crippen LogP contribution >= 0.6 is 15.9 Å². The van der Waals surface area contributed by atoms with Crippen LogP contribution in [-0.2, 0) is 0 Å². The number of rotatable bonds is 4. The summed E-state index contributed by atoms with van der Waals surface area (Å²) in [7, 11) is 2.14. The van der Waals surface area contributed by atoms with Crippen LogP contribution in [0, 0.1) is 5.41 Å². The van der Waals surface area contributed by atoms with Crippen molar-refractivity contribution in [3.63, 3.8) is 0 Å². The molecule has 96 valence electrons. The van der Waals surface area contributed by atoms with E-state index < -0.39 is 0 Å². The van der Waals surface area contributed by atoms with Gasteiger partial charge >= 0.3 is 0 Å². The number of nitrogens with two attached hydrogens (primary N) is 1. The van der Waals surface area contributed by atoms with Gasteiger partial charge < -0.3 is 5.73 Å². The van der Waals surface area contributed by atoms with Crippen molar-refractivity contribution in [1.82, 2.24) is 4.90 Å². The standard InChI is InChI=1S/C14H23BrN2/c1-14(2,3)10-17(4)13(9-16)11-6-5-7-12(15)8-11/h5-8,13H,9-10,16H2,1-4H3. The minimum atomic E-state index is 0.284. The van der Waals surface area contributed by atoms with E-state index in [9.17, 15) is 0 Å². The van der Waals surface area contributed by atoms with E-state index in [0.717, 1.165) is 11.0 Å². The van der Waals surface area contributed by atoms with Gasteiger partial charge in [0.25, 0.3) is 0 Å². The van der Waals surface area contributed by atoms with E-state index in [2.05, 4.69) is 66.8 Å². The Balaban J connectivity index is 2.84. The molecule has 0 spiro atoms. The molecule has 0 heterocycles. The molecule has 2 N–H and O–H groups in total. The predicted octanol–water partition coefficient (Wildman–Crippen LogP) is 3.43. The number of hydrogen-bond acceptors (Lipinski definition) is 2. The third kappa shape index (κ3) is 4.78. The molecule has 1 rings (SSSR count). The van der Waals surface area contributed by atoms with E-state index in [1.54, 1.807) is 0 Å². The summed E-state index contributed by atoms with van der Waals surface area (Å²) >= 11 is 3.51. The minimum absolute atomic E-state index is 0.284. The van der Waals surface area contributed by atoms with Gasteiger partial charge in [0, 0.05) is 23.6 Å². The lowest BCUT2D eigenvalue weighted by Crippen LogP contribution is -2.36. The molecule has 0 aliphatic heterocycles. The summed E-state index contributed by atoms with van der Waals surface area (Å²) in [5, 5.41) is 0. The van der Waals surface area contributed by atoms with Gasteiger partial charge in [0.1, 0.15) is 0 Å². The van der Waals surface area contributed by atoms with Crippen molar-refractivity contribution >= 4 is 15.9 Å². The van der Waals surface area contributed by atoms with Crippen LogP contribution in [0.3, 0.4) is 0 Å². The Morgan fingerprint density at radius 2 is 2.00 bits per heavy atom. The molecule has 0 saturated carbocycles. The summed E-state index contributed by atoms with van der Waals surface area (Å²) in [6, 6.07) is 8.68. The minimum Gasteiger partial charge on any atom is -0.329 e. The number of hydrogen-bond donors (Lipinski definition) is 1. The van der Waals surface area contributed by atoms with Crippen LogP contribution in [0.15, 0.2) is 28.7 Å². The summed E-state index contributed by atoms with van der Waals surface area (Å²) in [6.45, 7) is 8.42. The van der Waals surface area contributed by atoms with Gasteiger partial charge in [-0.2, -0.15) is 0 Å². The highest BCUT2D eigenvalue weighted by Gasteiger charge is 2.20. The van der Waals surface area contributed by atoms with Crippen LogP contribution in [0.1, 0.15) is 32.4 Å². The maximum Gasteiger partial charge on any atom is 0.0468 e. The Labute approximate surface area is 113 Å². The van der Waals surface area contributed by atoms with E-state index in [1.807, 2.05) is 6.07 Å². The van der Waals surface area contributed by atoms with E-state index in [0.29, 0.717) is 6.54 Å². The number of halogens is 1. The zero-order valence-corrected chi connectivity index (χ0v) is 12.8. The lowest BCUT2D eigenvalue weighted by Gasteiger charge is -2.33. The molecular weight excluding hydrogens is 276 g/mol. The molecule has 0 radical (unpaired) electrons. The van der Waals surface area contributed by atoms with Gasteiger partial charge in [-0.3, -0.25) is 4.90 Å². The van der Waals surface area contributed by atoms with Crippen molar-refractivity contribution in [2.75, 3.05) is 20.1 Å². The highest BCUT2D eigenvalue weighted by atomic mass is 79.9. The molecule has 0 saturated heterocycles. The molecule has 0 aliphatic carbocycles. The van der Waals surface area contributed by atoms with Gasteiger partial charge in [-0.1, -0.05) is 48.8 Å². The first-order valence-electron chi connectivity index (χ1n) is 5.99. The molecule has 0 fully saturated rings. The van der Waals surface area contributed by atoms with E-state index in [-0.39, 0.29) is 11.5 Å².